The molecule has 12 heavy (non-hydrogen) atoms. The minimum Gasteiger partial charge on any atom is -0.474 e. The van der Waals surface area contributed by atoms with Crippen LogP contribution in [0.3, 0.4) is 0 Å². The molecule has 1 unspecified atom stereocenters. The highest BCUT2D eigenvalue weighted by Gasteiger charge is 2.01. The Morgan fingerprint density at radius 1 is 1.50 bits per heavy atom. The zero-order chi connectivity index (χ0) is 8.97. The molecule has 0 fully saturated rings. The Morgan fingerprint density at radius 2 is 2.25 bits per heavy atom. The molecule has 66 valence electrons. The lowest BCUT2D eigenvalue weighted by molar-refractivity contribution is 0.206. The van der Waals surface area contributed by atoms with Gasteiger partial charge in [0.2, 0.25) is 5.88 Å². The van der Waals surface area contributed by atoms with E-state index in [1.807, 2.05) is 13.8 Å². The zero-order valence-corrected chi connectivity index (χ0v) is 7.88. The number of hydrogen-bond donors (Lipinski definition) is 0. The van der Waals surface area contributed by atoms with Crippen LogP contribution in [0.1, 0.15) is 20.3 Å². The summed E-state index contributed by atoms with van der Waals surface area (Å²) in [4.78, 5) is 0. The van der Waals surface area contributed by atoms with E-state index in [9.17, 15) is 0 Å². The Kier molecular flexibility index (Phi) is 3.29. The van der Waals surface area contributed by atoms with Gasteiger partial charge in [-0.05, 0) is 19.4 Å². The van der Waals surface area contributed by atoms with Crippen molar-refractivity contribution in [2.75, 3.05) is 0 Å². The molecule has 0 spiro atoms. The number of aromatic nitrogens is 2. The van der Waals surface area contributed by atoms with E-state index >= 15 is 0 Å². The van der Waals surface area contributed by atoms with Gasteiger partial charge in [0, 0.05) is 6.07 Å². The molecule has 1 heterocycles. The van der Waals surface area contributed by atoms with Gasteiger partial charge in [-0.3, -0.25) is 0 Å². The van der Waals surface area contributed by atoms with Gasteiger partial charge in [0.1, 0.15) is 0 Å². The van der Waals surface area contributed by atoms with Gasteiger partial charge in [-0.15, -0.1) is 10.2 Å². The molecule has 0 aromatic carbocycles. The third-order valence-corrected chi connectivity index (χ3v) is 1.71. The molecule has 0 aliphatic rings. The topological polar surface area (TPSA) is 35.0 Å². The second-order valence-electron chi connectivity index (χ2n) is 2.53. The molecule has 1 aromatic heterocycles. The summed E-state index contributed by atoms with van der Waals surface area (Å²) in [7, 11) is 0. The minimum absolute atomic E-state index is 0.167. The van der Waals surface area contributed by atoms with Crippen molar-refractivity contribution in [2.45, 2.75) is 26.4 Å². The van der Waals surface area contributed by atoms with E-state index < -0.39 is 0 Å². The van der Waals surface area contributed by atoms with Crippen molar-refractivity contribution in [3.8, 4) is 5.88 Å². The van der Waals surface area contributed by atoms with E-state index in [0.29, 0.717) is 11.0 Å². The lowest BCUT2D eigenvalue weighted by atomic mass is 10.3. The van der Waals surface area contributed by atoms with Gasteiger partial charge in [-0.2, -0.15) is 0 Å². The van der Waals surface area contributed by atoms with Crippen LogP contribution in [0.25, 0.3) is 0 Å². The van der Waals surface area contributed by atoms with E-state index in [1.54, 1.807) is 12.1 Å². The van der Waals surface area contributed by atoms with E-state index in [1.165, 1.54) is 0 Å². The monoisotopic (exact) mass is 186 g/mol. The highest BCUT2D eigenvalue weighted by Crippen LogP contribution is 2.10. The SMILES string of the molecule is CCC(C)Oc1ccc(Cl)nn1. The molecule has 0 radical (unpaired) electrons. The van der Waals surface area contributed by atoms with Crippen molar-refractivity contribution < 1.29 is 4.74 Å². The van der Waals surface area contributed by atoms with Crippen molar-refractivity contribution in [1.29, 1.82) is 0 Å². The average molecular weight is 187 g/mol. The largest absolute Gasteiger partial charge is 0.474 e. The maximum atomic E-state index is 5.55. The number of hydrogen-bond acceptors (Lipinski definition) is 3. The van der Waals surface area contributed by atoms with Gasteiger partial charge in [-0.1, -0.05) is 18.5 Å². The molecular weight excluding hydrogens is 176 g/mol. The van der Waals surface area contributed by atoms with E-state index in [-0.39, 0.29) is 6.10 Å². The molecule has 4 heteroatoms. The predicted octanol–water partition coefficient (Wildman–Crippen LogP) is 2.31. The summed E-state index contributed by atoms with van der Waals surface area (Å²) >= 11 is 5.55. The summed E-state index contributed by atoms with van der Waals surface area (Å²) in [5.74, 6) is 0.522. The summed E-state index contributed by atoms with van der Waals surface area (Å²) in [6.07, 6.45) is 1.12. The van der Waals surface area contributed by atoms with Crippen molar-refractivity contribution in [3.63, 3.8) is 0 Å². The van der Waals surface area contributed by atoms with Crippen LogP contribution >= 0.6 is 11.6 Å². The molecule has 0 aliphatic carbocycles. The summed E-state index contributed by atoms with van der Waals surface area (Å²) in [5, 5.41) is 7.80. The maximum Gasteiger partial charge on any atom is 0.233 e. The molecule has 3 nitrogen and oxygen atoms in total. The first-order valence-corrected chi connectivity index (χ1v) is 4.26. The number of rotatable bonds is 3. The van der Waals surface area contributed by atoms with Crippen molar-refractivity contribution in [2.24, 2.45) is 0 Å². The van der Waals surface area contributed by atoms with Crippen molar-refractivity contribution in [3.05, 3.63) is 17.3 Å². The van der Waals surface area contributed by atoms with Crippen LogP contribution in [0.15, 0.2) is 12.1 Å². The van der Waals surface area contributed by atoms with Gasteiger partial charge in [0.05, 0.1) is 6.10 Å². The maximum absolute atomic E-state index is 5.55. The molecule has 1 aromatic rings. The molecule has 0 saturated heterocycles. The molecular formula is C8H11ClN2O. The first-order valence-electron chi connectivity index (χ1n) is 3.88. The number of ether oxygens (including phenoxy) is 1. The highest BCUT2D eigenvalue weighted by atomic mass is 35.5. The standard InChI is InChI=1S/C8H11ClN2O/c1-3-6(2)12-8-5-4-7(9)10-11-8/h4-6H,3H2,1-2H3. The third-order valence-electron chi connectivity index (χ3n) is 1.50. The summed E-state index contributed by atoms with van der Waals surface area (Å²) < 4.78 is 5.39. The molecule has 0 saturated carbocycles. The molecule has 0 amide bonds. The molecule has 0 bridgehead atoms. The van der Waals surface area contributed by atoms with Crippen LogP contribution in [-0.4, -0.2) is 16.3 Å². The molecule has 1 atom stereocenters. The zero-order valence-electron chi connectivity index (χ0n) is 7.12. The lowest BCUT2D eigenvalue weighted by Crippen LogP contribution is -2.10. The lowest BCUT2D eigenvalue weighted by Gasteiger charge is -2.09. The van der Waals surface area contributed by atoms with E-state index in [2.05, 4.69) is 10.2 Å². The summed E-state index contributed by atoms with van der Waals surface area (Å²) in [6.45, 7) is 4.03. The van der Waals surface area contributed by atoms with Crippen LogP contribution in [0.5, 0.6) is 5.88 Å². The van der Waals surface area contributed by atoms with Gasteiger partial charge < -0.3 is 4.74 Å². The quantitative estimate of drug-likeness (QED) is 0.727. The highest BCUT2D eigenvalue weighted by molar-refractivity contribution is 6.29. The Balaban J connectivity index is 2.58. The van der Waals surface area contributed by atoms with Gasteiger partial charge >= 0.3 is 0 Å². The Morgan fingerprint density at radius 3 is 2.75 bits per heavy atom. The number of halogens is 1. The summed E-state index contributed by atoms with van der Waals surface area (Å²) in [6, 6.07) is 3.37. The predicted molar refractivity (Wildman–Crippen MR) is 47.4 cm³/mol. The molecule has 0 N–H and O–H groups in total. The molecule has 1 rings (SSSR count). The van der Waals surface area contributed by atoms with Crippen LogP contribution in [-0.2, 0) is 0 Å². The second kappa shape index (κ2) is 4.26. The van der Waals surface area contributed by atoms with Crippen LogP contribution < -0.4 is 4.74 Å². The van der Waals surface area contributed by atoms with Gasteiger partial charge in [0.15, 0.2) is 5.15 Å². The Labute approximate surface area is 76.7 Å². The van der Waals surface area contributed by atoms with Crippen LogP contribution in [0.2, 0.25) is 5.15 Å². The first-order chi connectivity index (χ1) is 5.72. The van der Waals surface area contributed by atoms with E-state index in [0.717, 1.165) is 6.42 Å². The summed E-state index contributed by atoms with van der Waals surface area (Å²) in [5.41, 5.74) is 0. The van der Waals surface area contributed by atoms with Gasteiger partial charge in [0.25, 0.3) is 0 Å². The van der Waals surface area contributed by atoms with Crippen molar-refractivity contribution in [1.82, 2.24) is 10.2 Å². The minimum atomic E-state index is 0.167. The average Bonchev–Trinajstić information content (AvgIpc) is 2.09. The third kappa shape index (κ3) is 2.66. The van der Waals surface area contributed by atoms with Gasteiger partial charge in [-0.25, -0.2) is 0 Å². The number of nitrogens with zero attached hydrogens (tertiary/aromatic N) is 2. The van der Waals surface area contributed by atoms with Crippen LogP contribution in [0.4, 0.5) is 0 Å². The molecule has 0 aliphatic heterocycles. The normalized spacial score (nSPS) is 12.6. The Bertz CT molecular complexity index is 237. The fourth-order valence-electron chi connectivity index (χ4n) is 0.656. The smallest absolute Gasteiger partial charge is 0.233 e. The van der Waals surface area contributed by atoms with Crippen molar-refractivity contribution >= 4 is 11.6 Å². The first kappa shape index (κ1) is 9.26. The second-order valence-corrected chi connectivity index (χ2v) is 2.92. The van der Waals surface area contributed by atoms with E-state index in [4.69, 9.17) is 16.3 Å². The van der Waals surface area contributed by atoms with Crippen LogP contribution in [0, 0.1) is 0 Å². The fourth-order valence-corrected chi connectivity index (χ4v) is 0.757. The Hall–Kier alpha value is -0.830. The fraction of sp³-hybridized carbons (Fsp3) is 0.500.